The van der Waals surface area contributed by atoms with Gasteiger partial charge in [0.15, 0.2) is 0 Å². The van der Waals surface area contributed by atoms with Crippen LogP contribution in [0.4, 0.5) is 10.6 Å². The van der Waals surface area contributed by atoms with Crippen molar-refractivity contribution in [1.82, 2.24) is 15.2 Å². The number of aromatic nitrogens is 1. The predicted octanol–water partition coefficient (Wildman–Crippen LogP) is 4.23. The smallest absolute Gasteiger partial charge is 0.407 e. The molecule has 1 unspecified atom stereocenters. The predicted molar refractivity (Wildman–Crippen MR) is 133 cm³/mol. The van der Waals surface area contributed by atoms with Gasteiger partial charge in [-0.3, -0.25) is 0 Å². The van der Waals surface area contributed by atoms with Crippen molar-refractivity contribution in [3.63, 3.8) is 0 Å². The lowest BCUT2D eigenvalue weighted by molar-refractivity contribution is -0.139. The van der Waals surface area contributed by atoms with Crippen LogP contribution in [0.5, 0.6) is 0 Å². The zero-order valence-corrected chi connectivity index (χ0v) is 21.1. The number of carbonyl (C=O) groups excluding carboxylic acids is 1. The molecule has 1 amide bonds. The lowest BCUT2D eigenvalue weighted by atomic mass is 9.93. The number of alkyl carbamates (subject to hydrolysis) is 1. The molecule has 0 radical (unpaired) electrons. The van der Waals surface area contributed by atoms with E-state index in [0.717, 1.165) is 69.5 Å². The first-order chi connectivity index (χ1) is 16.2. The van der Waals surface area contributed by atoms with Crippen molar-refractivity contribution in [2.24, 2.45) is 5.41 Å². The summed E-state index contributed by atoms with van der Waals surface area (Å²) in [6.45, 7) is 9.09. The summed E-state index contributed by atoms with van der Waals surface area (Å²) in [6.07, 6.45) is 8.10. The second-order valence-corrected chi connectivity index (χ2v) is 10.8. The van der Waals surface area contributed by atoms with Gasteiger partial charge in [0.05, 0.1) is 6.61 Å². The van der Waals surface area contributed by atoms with E-state index in [1.54, 1.807) is 0 Å². The molecule has 190 valence electrons. The Balaban J connectivity index is 1.38. The molecule has 2 aliphatic rings. The maximum atomic E-state index is 12.0. The number of carboxylic acid groups (broad SMARTS) is 1. The molecule has 34 heavy (non-hydrogen) atoms. The van der Waals surface area contributed by atoms with Gasteiger partial charge >= 0.3 is 12.1 Å². The van der Waals surface area contributed by atoms with Crippen LogP contribution in [-0.2, 0) is 22.4 Å². The topological polar surface area (TPSA) is 104 Å². The van der Waals surface area contributed by atoms with Crippen molar-refractivity contribution < 1.29 is 19.4 Å². The average Bonchev–Trinajstić information content (AvgIpc) is 3.62. The first-order valence-corrected chi connectivity index (χ1v) is 12.8. The Kier molecular flexibility index (Phi) is 9.56. The Bertz CT molecular complexity index is 820. The number of nitrogens with one attached hydrogen (secondary N) is 2. The Morgan fingerprint density at radius 2 is 2.06 bits per heavy atom. The van der Waals surface area contributed by atoms with Crippen molar-refractivity contribution in [3.8, 4) is 0 Å². The highest BCUT2D eigenvalue weighted by molar-refractivity contribution is 5.79. The molecule has 0 aromatic carbocycles. The van der Waals surface area contributed by atoms with Crippen molar-refractivity contribution in [1.29, 1.82) is 0 Å². The maximum Gasteiger partial charge on any atom is 0.407 e. The van der Waals surface area contributed by atoms with Crippen molar-refractivity contribution in [2.45, 2.75) is 90.6 Å². The van der Waals surface area contributed by atoms with Gasteiger partial charge < -0.3 is 25.4 Å². The molecule has 2 heterocycles. The number of fused-ring (bicyclic) bond motifs is 1. The summed E-state index contributed by atoms with van der Waals surface area (Å²) >= 11 is 0. The molecule has 0 spiro atoms. The largest absolute Gasteiger partial charge is 0.480 e. The van der Waals surface area contributed by atoms with E-state index in [9.17, 15) is 14.7 Å². The van der Waals surface area contributed by atoms with Crippen LogP contribution in [0.1, 0.15) is 77.0 Å². The SMILES string of the molecule is CC(C)(C)CCOC(=O)NC(CCN(CCCCc1ccc2c(n1)NCCC2)C1CC1)C(=O)O. The zero-order valence-electron chi connectivity index (χ0n) is 21.1. The molecule has 3 rings (SSSR count). The zero-order chi connectivity index (χ0) is 24.6. The molecule has 1 saturated carbocycles. The van der Waals surface area contributed by atoms with Crippen LogP contribution >= 0.6 is 0 Å². The van der Waals surface area contributed by atoms with E-state index in [2.05, 4.69) is 48.4 Å². The van der Waals surface area contributed by atoms with Gasteiger partial charge in [0, 0.05) is 24.8 Å². The minimum absolute atomic E-state index is 0.0596. The summed E-state index contributed by atoms with van der Waals surface area (Å²) in [5, 5.41) is 15.5. The van der Waals surface area contributed by atoms with Gasteiger partial charge in [0.1, 0.15) is 11.9 Å². The first kappa shape index (κ1) is 26.3. The van der Waals surface area contributed by atoms with Crippen molar-refractivity contribution >= 4 is 17.9 Å². The van der Waals surface area contributed by atoms with E-state index in [0.29, 0.717) is 19.0 Å². The molecule has 1 aromatic rings. The fraction of sp³-hybridized carbons (Fsp3) is 0.731. The van der Waals surface area contributed by atoms with Gasteiger partial charge in [-0.15, -0.1) is 0 Å². The van der Waals surface area contributed by atoms with Gasteiger partial charge in [0.2, 0.25) is 0 Å². The molecule has 1 aromatic heterocycles. The lowest BCUT2D eigenvalue weighted by Crippen LogP contribution is -2.44. The summed E-state index contributed by atoms with van der Waals surface area (Å²) in [5.74, 6) is 0.0307. The number of amides is 1. The molecule has 8 heteroatoms. The summed E-state index contributed by atoms with van der Waals surface area (Å²) in [6, 6.07) is 3.96. The van der Waals surface area contributed by atoms with Crippen LogP contribution < -0.4 is 10.6 Å². The number of pyridine rings is 1. The number of carbonyl (C=O) groups is 2. The van der Waals surface area contributed by atoms with E-state index >= 15 is 0 Å². The number of aryl methyl sites for hydroxylation is 2. The highest BCUT2D eigenvalue weighted by Crippen LogP contribution is 2.27. The molecule has 1 aliphatic carbocycles. The molecule has 1 atom stereocenters. The summed E-state index contributed by atoms with van der Waals surface area (Å²) in [5.41, 5.74) is 2.50. The van der Waals surface area contributed by atoms with Crippen LogP contribution in [0.2, 0.25) is 0 Å². The number of rotatable bonds is 13. The summed E-state index contributed by atoms with van der Waals surface area (Å²) in [4.78, 5) is 30.9. The monoisotopic (exact) mass is 474 g/mol. The fourth-order valence-corrected chi connectivity index (χ4v) is 4.23. The van der Waals surface area contributed by atoms with Gasteiger partial charge in [-0.25, -0.2) is 14.6 Å². The maximum absolute atomic E-state index is 12.0. The second-order valence-electron chi connectivity index (χ2n) is 10.8. The van der Waals surface area contributed by atoms with Gasteiger partial charge in [-0.1, -0.05) is 26.8 Å². The normalized spacial score (nSPS) is 16.5. The number of aliphatic carboxylic acids is 1. The van der Waals surface area contributed by atoms with E-state index in [-0.39, 0.29) is 12.0 Å². The van der Waals surface area contributed by atoms with Crippen LogP contribution in [0.3, 0.4) is 0 Å². The van der Waals surface area contributed by atoms with Crippen LogP contribution in [0, 0.1) is 5.41 Å². The molecule has 3 N–H and O–H groups in total. The molecule has 1 aliphatic heterocycles. The number of anilines is 1. The Hall–Kier alpha value is -2.35. The van der Waals surface area contributed by atoms with Gasteiger partial charge in [-0.05, 0) is 81.4 Å². The molecule has 8 nitrogen and oxygen atoms in total. The quantitative estimate of drug-likeness (QED) is 0.368. The third kappa shape index (κ3) is 9.12. The molecular weight excluding hydrogens is 432 g/mol. The molecule has 0 saturated heterocycles. The van der Waals surface area contributed by atoms with Crippen LogP contribution in [-0.4, -0.2) is 65.4 Å². The van der Waals surface area contributed by atoms with Gasteiger partial charge in [-0.2, -0.15) is 0 Å². The van der Waals surface area contributed by atoms with E-state index in [4.69, 9.17) is 9.72 Å². The summed E-state index contributed by atoms with van der Waals surface area (Å²) < 4.78 is 5.18. The summed E-state index contributed by atoms with van der Waals surface area (Å²) in [7, 11) is 0. The third-order valence-electron chi connectivity index (χ3n) is 6.52. The first-order valence-electron chi connectivity index (χ1n) is 12.8. The van der Waals surface area contributed by atoms with E-state index in [1.165, 1.54) is 12.0 Å². The second kappa shape index (κ2) is 12.4. The number of unbranched alkanes of at least 4 members (excludes halogenated alkanes) is 1. The molecular formula is C26H42N4O4. The van der Waals surface area contributed by atoms with Crippen molar-refractivity contribution in [3.05, 3.63) is 23.4 Å². The van der Waals surface area contributed by atoms with E-state index < -0.39 is 18.1 Å². The number of hydrogen-bond donors (Lipinski definition) is 3. The lowest BCUT2D eigenvalue weighted by Gasteiger charge is -2.24. The molecule has 1 fully saturated rings. The average molecular weight is 475 g/mol. The van der Waals surface area contributed by atoms with E-state index in [1.807, 2.05) is 0 Å². The number of nitrogens with zero attached hydrogens (tertiary/aromatic N) is 2. The fourth-order valence-electron chi connectivity index (χ4n) is 4.23. The Morgan fingerprint density at radius 3 is 2.76 bits per heavy atom. The van der Waals surface area contributed by atoms with Crippen LogP contribution in [0.15, 0.2) is 12.1 Å². The van der Waals surface area contributed by atoms with Crippen molar-refractivity contribution in [2.75, 3.05) is 31.6 Å². The number of ether oxygens (including phenoxy) is 1. The minimum atomic E-state index is -1.02. The Morgan fingerprint density at radius 1 is 1.26 bits per heavy atom. The standard InChI is InChI=1S/C26H42N4O4/c1-26(2,3)14-18-34-25(33)29-22(24(31)32)13-17-30(21-11-12-21)16-5-4-8-20-10-9-19-7-6-15-27-23(19)28-20/h9-10,21-22H,4-8,11-18H2,1-3H3,(H,27,28)(H,29,33)(H,31,32). The highest BCUT2D eigenvalue weighted by Gasteiger charge is 2.30. The third-order valence-corrected chi connectivity index (χ3v) is 6.52. The van der Waals surface area contributed by atoms with Gasteiger partial charge in [0.25, 0.3) is 0 Å². The molecule has 0 bridgehead atoms. The highest BCUT2D eigenvalue weighted by atomic mass is 16.5. The Labute approximate surface area is 203 Å². The number of carboxylic acids is 1. The minimum Gasteiger partial charge on any atom is -0.480 e. The number of hydrogen-bond acceptors (Lipinski definition) is 6. The van der Waals surface area contributed by atoms with Crippen LogP contribution in [0.25, 0.3) is 0 Å².